The molecule has 1 atom stereocenters. The van der Waals surface area contributed by atoms with E-state index in [2.05, 4.69) is 10.4 Å². The van der Waals surface area contributed by atoms with Crippen molar-refractivity contribution in [2.75, 3.05) is 6.26 Å². The molecule has 0 spiro atoms. The summed E-state index contributed by atoms with van der Waals surface area (Å²) in [6, 6.07) is 2.45. The zero-order chi connectivity index (χ0) is 15.3. The van der Waals surface area contributed by atoms with Gasteiger partial charge >= 0.3 is 0 Å². The van der Waals surface area contributed by atoms with E-state index < -0.39 is 9.73 Å². The molecule has 1 aliphatic rings. The van der Waals surface area contributed by atoms with Crippen molar-refractivity contribution in [3.8, 4) is 12.3 Å². The maximum absolute atomic E-state index is 12.7. The van der Waals surface area contributed by atoms with Gasteiger partial charge in [0.2, 0.25) is 6.19 Å². The summed E-state index contributed by atoms with van der Waals surface area (Å²) in [6.07, 6.45) is 10.6. The molecule has 0 aromatic rings. The Morgan fingerprint density at radius 2 is 1.45 bits per heavy atom. The summed E-state index contributed by atoms with van der Waals surface area (Å²) in [5.74, 6) is 0. The maximum Gasteiger partial charge on any atom is 0.214 e. The average molecular weight is 295 g/mol. The predicted octanol–water partition coefficient (Wildman–Crippen LogP) is 3.99. The molecule has 0 radical (unpaired) electrons. The van der Waals surface area contributed by atoms with Crippen LogP contribution < -0.4 is 0 Å². The number of nitrogens with zero attached hydrogens (tertiary/aromatic N) is 3. The van der Waals surface area contributed by atoms with E-state index in [0.717, 1.165) is 51.4 Å². The molecule has 0 bridgehead atoms. The Balaban J connectivity index is 2.88. The zero-order valence-electron chi connectivity index (χ0n) is 12.8. The number of nitriles is 2. The molecule has 20 heavy (non-hydrogen) atoms. The highest BCUT2D eigenvalue weighted by Crippen LogP contribution is 2.37. The van der Waals surface area contributed by atoms with Crippen molar-refractivity contribution in [2.24, 2.45) is 9.78 Å². The molecule has 0 saturated heterocycles. The van der Waals surface area contributed by atoms with E-state index >= 15 is 0 Å². The maximum atomic E-state index is 12.7. The molecule has 0 aromatic heterocycles. The standard InChI is InChI=1S/C15H25N3OS/c1-14(12-16)8-4-6-10-15(2,11-7-5-9-14)20(3,19)18-13-17/h4-11H2,1-3H3. The lowest BCUT2D eigenvalue weighted by Crippen LogP contribution is -2.35. The summed E-state index contributed by atoms with van der Waals surface area (Å²) in [5, 5.41) is 18.0. The molecule has 0 amide bonds. The summed E-state index contributed by atoms with van der Waals surface area (Å²) < 4.78 is 16.0. The Bertz CT molecular complexity index is 520. The fourth-order valence-electron chi connectivity index (χ4n) is 2.96. The SMILES string of the molecule is CC1(C#N)CCCCC(C)(S(C)(=O)=NC#N)CCCC1. The first-order valence-electron chi connectivity index (χ1n) is 7.30. The van der Waals surface area contributed by atoms with E-state index in [1.807, 2.05) is 13.8 Å². The van der Waals surface area contributed by atoms with Crippen LogP contribution in [-0.2, 0) is 9.73 Å². The topological polar surface area (TPSA) is 77.0 Å². The first-order chi connectivity index (χ1) is 9.29. The summed E-state index contributed by atoms with van der Waals surface area (Å²) in [6.45, 7) is 4.04. The minimum atomic E-state index is -2.49. The lowest BCUT2D eigenvalue weighted by molar-refractivity contribution is 0.315. The molecule has 4 nitrogen and oxygen atoms in total. The quantitative estimate of drug-likeness (QED) is 0.686. The van der Waals surface area contributed by atoms with Gasteiger partial charge in [-0.05, 0) is 39.5 Å². The molecule has 112 valence electrons. The molecule has 1 saturated carbocycles. The third-order valence-electron chi connectivity index (χ3n) is 4.77. The molecule has 5 heteroatoms. The number of hydrogen-bond acceptors (Lipinski definition) is 4. The first-order valence-corrected chi connectivity index (χ1v) is 9.22. The second-order valence-corrected chi connectivity index (χ2v) is 9.30. The molecule has 0 N–H and O–H groups in total. The third kappa shape index (κ3) is 3.96. The second-order valence-electron chi connectivity index (χ2n) is 6.53. The van der Waals surface area contributed by atoms with Gasteiger partial charge in [-0.25, -0.2) is 4.21 Å². The first kappa shape index (κ1) is 17.0. The van der Waals surface area contributed by atoms with Gasteiger partial charge in [-0.15, -0.1) is 4.36 Å². The van der Waals surface area contributed by atoms with Crippen molar-refractivity contribution in [3.63, 3.8) is 0 Å². The van der Waals surface area contributed by atoms with Gasteiger partial charge in [0, 0.05) is 6.26 Å². The van der Waals surface area contributed by atoms with Crippen molar-refractivity contribution in [1.29, 1.82) is 10.5 Å². The third-order valence-corrected chi connectivity index (χ3v) is 7.43. The Labute approximate surface area is 123 Å². The number of rotatable bonds is 1. The highest BCUT2D eigenvalue weighted by Gasteiger charge is 2.34. The fourth-order valence-corrected chi connectivity index (χ4v) is 4.38. The molecule has 1 aliphatic carbocycles. The number of hydrogen-bond donors (Lipinski definition) is 0. The van der Waals surface area contributed by atoms with E-state index in [0.29, 0.717) is 0 Å². The second kappa shape index (κ2) is 6.59. The summed E-state index contributed by atoms with van der Waals surface area (Å²) in [4.78, 5) is 0. The van der Waals surface area contributed by atoms with Gasteiger partial charge in [0.05, 0.1) is 26.0 Å². The smallest absolute Gasteiger partial charge is 0.214 e. The van der Waals surface area contributed by atoms with E-state index in [1.165, 1.54) is 0 Å². The summed E-state index contributed by atoms with van der Waals surface area (Å²) in [7, 11) is -2.49. The van der Waals surface area contributed by atoms with E-state index in [9.17, 15) is 9.47 Å². The van der Waals surface area contributed by atoms with Crippen LogP contribution in [0.3, 0.4) is 0 Å². The Kier molecular flexibility index (Phi) is 5.59. The molecule has 0 aliphatic heterocycles. The van der Waals surface area contributed by atoms with Crippen molar-refractivity contribution in [1.82, 2.24) is 0 Å². The van der Waals surface area contributed by atoms with Crippen molar-refractivity contribution in [3.05, 3.63) is 0 Å². The van der Waals surface area contributed by atoms with Crippen molar-refractivity contribution < 1.29 is 4.21 Å². The van der Waals surface area contributed by atoms with Gasteiger partial charge in [0.1, 0.15) is 0 Å². The van der Waals surface area contributed by atoms with Crippen molar-refractivity contribution >= 4 is 9.73 Å². The van der Waals surface area contributed by atoms with Crippen LogP contribution in [0, 0.1) is 28.2 Å². The van der Waals surface area contributed by atoms with Crippen molar-refractivity contribution in [2.45, 2.75) is 70.0 Å². The lowest BCUT2D eigenvalue weighted by Gasteiger charge is -2.32. The predicted molar refractivity (Wildman–Crippen MR) is 81.2 cm³/mol. The van der Waals surface area contributed by atoms with E-state index in [1.54, 1.807) is 12.4 Å². The Morgan fingerprint density at radius 1 is 1.00 bits per heavy atom. The molecule has 1 rings (SSSR count). The Morgan fingerprint density at radius 3 is 1.85 bits per heavy atom. The summed E-state index contributed by atoms with van der Waals surface area (Å²) in [5.41, 5.74) is -0.210. The van der Waals surface area contributed by atoms with Gasteiger partial charge in [0.25, 0.3) is 0 Å². The lowest BCUT2D eigenvalue weighted by atomic mass is 9.79. The highest BCUT2D eigenvalue weighted by molar-refractivity contribution is 7.94. The van der Waals surface area contributed by atoms with Crippen LogP contribution in [0.2, 0.25) is 0 Å². The Hall–Kier alpha value is -1.07. The van der Waals surface area contributed by atoms with Crippen LogP contribution in [-0.4, -0.2) is 15.2 Å². The van der Waals surface area contributed by atoms with Crippen LogP contribution in [0.5, 0.6) is 0 Å². The monoisotopic (exact) mass is 295 g/mol. The van der Waals surface area contributed by atoms with Gasteiger partial charge in [-0.1, -0.05) is 25.7 Å². The van der Waals surface area contributed by atoms with Gasteiger partial charge < -0.3 is 0 Å². The average Bonchev–Trinajstić information content (AvgIpc) is 2.39. The van der Waals surface area contributed by atoms with Crippen LogP contribution >= 0.6 is 0 Å². The van der Waals surface area contributed by atoms with Crippen LogP contribution in [0.15, 0.2) is 4.36 Å². The molecular formula is C15H25N3OS. The zero-order valence-corrected chi connectivity index (χ0v) is 13.6. The van der Waals surface area contributed by atoms with Gasteiger partial charge in [-0.3, -0.25) is 0 Å². The molecule has 1 fully saturated rings. The molecular weight excluding hydrogens is 270 g/mol. The summed E-state index contributed by atoms with van der Waals surface area (Å²) >= 11 is 0. The molecule has 1 unspecified atom stereocenters. The van der Waals surface area contributed by atoms with Crippen LogP contribution in [0.25, 0.3) is 0 Å². The largest absolute Gasteiger partial charge is 0.248 e. The minimum Gasteiger partial charge on any atom is -0.248 e. The van der Waals surface area contributed by atoms with Crippen LogP contribution in [0.1, 0.15) is 65.2 Å². The fraction of sp³-hybridized carbons (Fsp3) is 0.867. The minimum absolute atomic E-state index is 0.210. The van der Waals surface area contributed by atoms with Crippen LogP contribution in [0.4, 0.5) is 0 Å². The highest BCUT2D eigenvalue weighted by atomic mass is 32.2. The van der Waals surface area contributed by atoms with E-state index in [-0.39, 0.29) is 10.2 Å². The molecule has 0 heterocycles. The normalized spacial score (nSPS) is 35.0. The van der Waals surface area contributed by atoms with E-state index in [4.69, 9.17) is 5.26 Å². The van der Waals surface area contributed by atoms with Gasteiger partial charge in [-0.2, -0.15) is 10.5 Å². The van der Waals surface area contributed by atoms with Gasteiger partial charge in [0.15, 0.2) is 0 Å². The molecule has 0 aromatic carbocycles.